The number of likely N-dealkylation sites (N-methyl/N-ethyl adjacent to an activating group) is 1. The van der Waals surface area contributed by atoms with E-state index < -0.39 is 17.6 Å². The number of alkyl halides is 3. The normalized spacial score (nSPS) is 11.3. The maximum Gasteiger partial charge on any atom is 0.419 e. The van der Waals surface area contributed by atoms with Crippen LogP contribution in [-0.4, -0.2) is 30.9 Å². The molecule has 0 heterocycles. The second kappa shape index (κ2) is 5.90. The van der Waals surface area contributed by atoms with Gasteiger partial charge in [0.05, 0.1) is 12.1 Å². The Kier molecular flexibility index (Phi) is 4.74. The first-order chi connectivity index (χ1) is 8.75. The number of halogens is 4. The van der Waals surface area contributed by atoms with Crippen molar-refractivity contribution in [2.24, 2.45) is 0 Å². The number of rotatable bonds is 4. The van der Waals surface area contributed by atoms with Gasteiger partial charge in [0, 0.05) is 19.3 Å². The van der Waals surface area contributed by atoms with Crippen LogP contribution in [0.1, 0.15) is 12.5 Å². The van der Waals surface area contributed by atoms with E-state index >= 15 is 0 Å². The van der Waals surface area contributed by atoms with Crippen LogP contribution < -0.4 is 5.32 Å². The molecule has 7 heteroatoms. The summed E-state index contributed by atoms with van der Waals surface area (Å²) >= 11 is 0. The molecular weight excluding hydrogens is 264 g/mol. The minimum Gasteiger partial charge on any atom is -0.376 e. The van der Waals surface area contributed by atoms with Crippen LogP contribution in [0.15, 0.2) is 18.2 Å². The fraction of sp³-hybridized carbons (Fsp3) is 0.417. The number of benzene rings is 1. The molecule has 0 bridgehead atoms. The first-order valence-corrected chi connectivity index (χ1v) is 5.60. The molecule has 1 amide bonds. The van der Waals surface area contributed by atoms with E-state index in [1.807, 2.05) is 0 Å². The van der Waals surface area contributed by atoms with Crippen molar-refractivity contribution in [3.63, 3.8) is 0 Å². The van der Waals surface area contributed by atoms with Crippen LogP contribution in [0.4, 0.5) is 23.2 Å². The van der Waals surface area contributed by atoms with Crippen molar-refractivity contribution in [1.29, 1.82) is 0 Å². The molecule has 0 aliphatic heterocycles. The standard InChI is InChI=1S/C12H14F4N2O/c1-3-18(2)11(19)7-17-8-4-5-10(13)9(6-8)12(14,15)16/h4-6,17H,3,7H2,1-2H3. The second-order valence-electron chi connectivity index (χ2n) is 3.95. The van der Waals surface area contributed by atoms with Crippen LogP contribution in [0.3, 0.4) is 0 Å². The van der Waals surface area contributed by atoms with Crippen LogP contribution in [0.2, 0.25) is 0 Å². The minimum absolute atomic E-state index is 0.0478. The van der Waals surface area contributed by atoms with Crippen molar-refractivity contribution in [2.75, 3.05) is 25.5 Å². The van der Waals surface area contributed by atoms with Crippen LogP contribution in [0.5, 0.6) is 0 Å². The largest absolute Gasteiger partial charge is 0.419 e. The Morgan fingerprint density at radius 3 is 2.53 bits per heavy atom. The Balaban J connectivity index is 2.79. The smallest absolute Gasteiger partial charge is 0.376 e. The third-order valence-corrected chi connectivity index (χ3v) is 2.62. The first kappa shape index (κ1) is 15.3. The van der Waals surface area contributed by atoms with Gasteiger partial charge in [-0.25, -0.2) is 4.39 Å². The predicted molar refractivity (Wildman–Crippen MR) is 63.2 cm³/mol. The zero-order valence-corrected chi connectivity index (χ0v) is 10.5. The first-order valence-electron chi connectivity index (χ1n) is 5.60. The van der Waals surface area contributed by atoms with Gasteiger partial charge in [-0.15, -0.1) is 0 Å². The average Bonchev–Trinajstić information content (AvgIpc) is 2.35. The summed E-state index contributed by atoms with van der Waals surface area (Å²) in [5.74, 6) is -1.60. The number of carbonyl (C=O) groups excluding carboxylic acids is 1. The van der Waals surface area contributed by atoms with E-state index in [1.165, 1.54) is 4.90 Å². The van der Waals surface area contributed by atoms with Crippen molar-refractivity contribution < 1.29 is 22.4 Å². The molecule has 1 aromatic rings. The zero-order valence-electron chi connectivity index (χ0n) is 10.5. The Hall–Kier alpha value is -1.79. The molecule has 1 rings (SSSR count). The number of nitrogens with one attached hydrogen (secondary N) is 1. The van der Waals surface area contributed by atoms with Gasteiger partial charge in [-0.3, -0.25) is 4.79 Å². The lowest BCUT2D eigenvalue weighted by atomic mass is 10.2. The monoisotopic (exact) mass is 278 g/mol. The van der Waals surface area contributed by atoms with Crippen molar-refractivity contribution >= 4 is 11.6 Å². The lowest BCUT2D eigenvalue weighted by Crippen LogP contribution is -2.31. The predicted octanol–water partition coefficient (Wildman–Crippen LogP) is 2.73. The SMILES string of the molecule is CCN(C)C(=O)CNc1ccc(F)c(C(F)(F)F)c1. The van der Waals surface area contributed by atoms with Crippen molar-refractivity contribution in [1.82, 2.24) is 4.90 Å². The van der Waals surface area contributed by atoms with Crippen molar-refractivity contribution in [2.45, 2.75) is 13.1 Å². The Morgan fingerprint density at radius 1 is 1.37 bits per heavy atom. The molecule has 0 aromatic heterocycles. The summed E-state index contributed by atoms with van der Waals surface area (Å²) in [4.78, 5) is 12.9. The van der Waals surface area contributed by atoms with Gasteiger partial charge in [-0.1, -0.05) is 0 Å². The number of hydrogen-bond donors (Lipinski definition) is 1. The molecule has 19 heavy (non-hydrogen) atoms. The van der Waals surface area contributed by atoms with Crippen LogP contribution in [0, 0.1) is 5.82 Å². The van der Waals surface area contributed by atoms with Crippen LogP contribution in [0.25, 0.3) is 0 Å². The van der Waals surface area contributed by atoms with Gasteiger partial charge in [-0.2, -0.15) is 13.2 Å². The maximum atomic E-state index is 13.0. The molecule has 0 aliphatic carbocycles. The highest BCUT2D eigenvalue weighted by Gasteiger charge is 2.34. The van der Waals surface area contributed by atoms with Gasteiger partial charge in [0.1, 0.15) is 5.82 Å². The van der Waals surface area contributed by atoms with E-state index in [0.717, 1.165) is 12.1 Å². The summed E-state index contributed by atoms with van der Waals surface area (Å²) in [5, 5.41) is 2.54. The number of carbonyl (C=O) groups is 1. The molecule has 3 nitrogen and oxygen atoms in total. The third kappa shape index (κ3) is 4.11. The van der Waals surface area contributed by atoms with Crippen LogP contribution in [-0.2, 0) is 11.0 Å². The van der Waals surface area contributed by atoms with Gasteiger partial charge < -0.3 is 10.2 Å². The molecule has 0 unspecified atom stereocenters. The third-order valence-electron chi connectivity index (χ3n) is 2.62. The highest BCUT2D eigenvalue weighted by Crippen LogP contribution is 2.32. The Bertz CT molecular complexity index is 460. The van der Waals surface area contributed by atoms with E-state index in [0.29, 0.717) is 12.6 Å². The number of nitrogens with zero attached hydrogens (tertiary/aromatic N) is 1. The number of hydrogen-bond acceptors (Lipinski definition) is 2. The lowest BCUT2D eigenvalue weighted by molar-refractivity contribution is -0.139. The fourth-order valence-corrected chi connectivity index (χ4v) is 1.34. The minimum atomic E-state index is -4.76. The molecule has 0 radical (unpaired) electrons. The van der Waals surface area contributed by atoms with E-state index in [4.69, 9.17) is 0 Å². The molecule has 106 valence electrons. The average molecular weight is 278 g/mol. The molecule has 0 aliphatic rings. The maximum absolute atomic E-state index is 13.0. The van der Waals surface area contributed by atoms with Gasteiger partial charge in [0.25, 0.3) is 0 Å². The molecule has 0 fully saturated rings. The summed E-state index contributed by atoms with van der Waals surface area (Å²) in [6.45, 7) is 2.13. The molecule has 0 atom stereocenters. The number of anilines is 1. The second-order valence-corrected chi connectivity index (χ2v) is 3.95. The van der Waals surface area contributed by atoms with E-state index in [2.05, 4.69) is 5.32 Å². The molecule has 0 saturated carbocycles. The Labute approximate surface area is 108 Å². The van der Waals surface area contributed by atoms with Gasteiger partial charge in [-0.05, 0) is 25.1 Å². The topological polar surface area (TPSA) is 32.3 Å². The summed E-state index contributed by atoms with van der Waals surface area (Å²) in [5.41, 5.74) is -1.31. The molecule has 1 aromatic carbocycles. The lowest BCUT2D eigenvalue weighted by Gasteiger charge is -2.16. The summed E-state index contributed by atoms with van der Waals surface area (Å²) < 4.78 is 50.4. The Morgan fingerprint density at radius 2 is 2.00 bits per heavy atom. The quantitative estimate of drug-likeness (QED) is 0.859. The molecule has 1 N–H and O–H groups in total. The van der Waals surface area contributed by atoms with Crippen LogP contribution >= 0.6 is 0 Å². The summed E-state index contributed by atoms with van der Waals surface area (Å²) in [6, 6.07) is 2.53. The van der Waals surface area contributed by atoms with Gasteiger partial charge in [0.2, 0.25) is 5.91 Å². The number of amides is 1. The van der Waals surface area contributed by atoms with E-state index in [1.54, 1.807) is 14.0 Å². The highest BCUT2D eigenvalue weighted by atomic mass is 19.4. The zero-order chi connectivity index (χ0) is 14.6. The van der Waals surface area contributed by atoms with Gasteiger partial charge in [0.15, 0.2) is 0 Å². The van der Waals surface area contributed by atoms with E-state index in [9.17, 15) is 22.4 Å². The van der Waals surface area contributed by atoms with E-state index in [-0.39, 0.29) is 18.1 Å². The summed E-state index contributed by atoms with van der Waals surface area (Å²) in [7, 11) is 1.58. The van der Waals surface area contributed by atoms with Crippen molar-refractivity contribution in [3.05, 3.63) is 29.6 Å². The molecule has 0 spiro atoms. The van der Waals surface area contributed by atoms with Gasteiger partial charge >= 0.3 is 6.18 Å². The fourth-order valence-electron chi connectivity index (χ4n) is 1.34. The summed E-state index contributed by atoms with van der Waals surface area (Å²) in [6.07, 6.45) is -4.76. The van der Waals surface area contributed by atoms with Crippen molar-refractivity contribution in [3.8, 4) is 0 Å². The molecule has 0 saturated heterocycles. The highest BCUT2D eigenvalue weighted by molar-refractivity contribution is 5.80. The molecular formula is C12H14F4N2O.